The summed E-state index contributed by atoms with van der Waals surface area (Å²) in [6, 6.07) is 0. The second-order valence-electron chi connectivity index (χ2n) is 6.54. The molecule has 15 heavy (non-hydrogen) atoms. The fraction of sp³-hybridized carbons (Fsp3) is 0.867. The molecule has 0 radical (unpaired) electrons. The molecule has 2 bridgehead atoms. The normalized spacial score (nSPS) is 38.5. The Morgan fingerprint density at radius 1 is 0.867 bits per heavy atom. The van der Waals surface area contributed by atoms with Crippen molar-refractivity contribution in [1.82, 2.24) is 0 Å². The van der Waals surface area contributed by atoms with Crippen LogP contribution in [0.2, 0.25) is 0 Å². The molecule has 2 aliphatic carbocycles. The van der Waals surface area contributed by atoms with Gasteiger partial charge in [0.2, 0.25) is 0 Å². The highest BCUT2D eigenvalue weighted by atomic mass is 14.5. The summed E-state index contributed by atoms with van der Waals surface area (Å²) in [6.07, 6.45) is 9.38. The molecule has 86 valence electrons. The topological polar surface area (TPSA) is 0 Å². The quantitative estimate of drug-likeness (QED) is 0.593. The molecule has 0 spiro atoms. The number of allylic oxidation sites excluding steroid dienone is 2. The van der Waals surface area contributed by atoms with Crippen molar-refractivity contribution in [1.29, 1.82) is 0 Å². The first-order valence-electron chi connectivity index (χ1n) is 6.76. The smallest absolute Gasteiger partial charge is 0.0196 e. The summed E-state index contributed by atoms with van der Waals surface area (Å²) in [7, 11) is 0. The molecule has 1 saturated carbocycles. The van der Waals surface area contributed by atoms with Crippen LogP contribution in [0.4, 0.5) is 0 Å². The van der Waals surface area contributed by atoms with Gasteiger partial charge in [0.15, 0.2) is 0 Å². The van der Waals surface area contributed by atoms with Crippen LogP contribution in [-0.2, 0) is 0 Å². The van der Waals surface area contributed by atoms with E-state index >= 15 is 0 Å². The average Bonchev–Trinajstić information content (AvgIpc) is 2.67. The van der Waals surface area contributed by atoms with Crippen LogP contribution < -0.4 is 0 Å². The van der Waals surface area contributed by atoms with Crippen LogP contribution in [0.25, 0.3) is 0 Å². The molecule has 0 aromatic rings. The molecule has 0 heterocycles. The van der Waals surface area contributed by atoms with Crippen LogP contribution in [0, 0.1) is 35.5 Å². The lowest BCUT2D eigenvalue weighted by Gasteiger charge is -2.30. The molecule has 2 rings (SSSR count). The Bertz CT molecular complexity index is 212. The van der Waals surface area contributed by atoms with Crippen LogP contribution in [0.15, 0.2) is 12.2 Å². The zero-order valence-corrected chi connectivity index (χ0v) is 10.7. The summed E-state index contributed by atoms with van der Waals surface area (Å²) < 4.78 is 0. The zero-order chi connectivity index (χ0) is 11.0. The lowest BCUT2D eigenvalue weighted by molar-refractivity contribution is 0.228. The van der Waals surface area contributed by atoms with Gasteiger partial charge < -0.3 is 0 Å². The maximum absolute atomic E-state index is 2.51. The van der Waals surface area contributed by atoms with E-state index in [1.54, 1.807) is 0 Å². The summed E-state index contributed by atoms with van der Waals surface area (Å²) in [6.45, 7) is 9.51. The molecular weight excluding hydrogens is 180 g/mol. The minimum absolute atomic E-state index is 0.873. The van der Waals surface area contributed by atoms with Crippen molar-refractivity contribution in [2.45, 2.75) is 47.0 Å². The molecule has 0 nitrogen and oxygen atoms in total. The van der Waals surface area contributed by atoms with Crippen LogP contribution in [0.5, 0.6) is 0 Å². The number of fused-ring (bicyclic) bond motifs is 2. The minimum atomic E-state index is 0.873. The van der Waals surface area contributed by atoms with E-state index in [9.17, 15) is 0 Å². The van der Waals surface area contributed by atoms with E-state index in [1.807, 2.05) is 0 Å². The standard InChI is InChI=1S/C15H26/c1-10(2)7-14-12-5-6-13(9-12)15(14)8-11(3)4/h5-6,10-15H,7-9H2,1-4H3. The maximum Gasteiger partial charge on any atom is -0.0196 e. The maximum atomic E-state index is 2.51. The SMILES string of the molecule is CC(C)CC1C2C=CC(C2)C1CC(C)C. The Morgan fingerprint density at radius 2 is 1.27 bits per heavy atom. The Kier molecular flexibility index (Phi) is 3.23. The Morgan fingerprint density at radius 3 is 1.60 bits per heavy atom. The summed E-state index contributed by atoms with van der Waals surface area (Å²) in [5, 5.41) is 0. The van der Waals surface area contributed by atoms with Gasteiger partial charge in [-0.15, -0.1) is 0 Å². The van der Waals surface area contributed by atoms with Crippen molar-refractivity contribution in [2.75, 3.05) is 0 Å². The monoisotopic (exact) mass is 206 g/mol. The molecule has 0 aliphatic heterocycles. The Labute approximate surface area is 95.1 Å². The fourth-order valence-corrected chi connectivity index (χ4v) is 3.81. The molecular formula is C15H26. The van der Waals surface area contributed by atoms with E-state index in [-0.39, 0.29) is 0 Å². The van der Waals surface area contributed by atoms with Gasteiger partial charge in [-0.1, -0.05) is 39.8 Å². The van der Waals surface area contributed by atoms with Crippen molar-refractivity contribution in [3.05, 3.63) is 12.2 Å². The van der Waals surface area contributed by atoms with Crippen LogP contribution in [-0.4, -0.2) is 0 Å². The highest BCUT2D eigenvalue weighted by molar-refractivity contribution is 5.13. The van der Waals surface area contributed by atoms with Gasteiger partial charge in [-0.05, 0) is 54.8 Å². The van der Waals surface area contributed by atoms with Crippen molar-refractivity contribution < 1.29 is 0 Å². The van der Waals surface area contributed by atoms with Gasteiger partial charge >= 0.3 is 0 Å². The van der Waals surface area contributed by atoms with Crippen molar-refractivity contribution in [2.24, 2.45) is 35.5 Å². The molecule has 0 heteroatoms. The van der Waals surface area contributed by atoms with Crippen LogP contribution >= 0.6 is 0 Å². The van der Waals surface area contributed by atoms with Crippen molar-refractivity contribution in [3.63, 3.8) is 0 Å². The summed E-state index contributed by atoms with van der Waals surface area (Å²) in [5.74, 6) is 5.61. The third-order valence-corrected chi connectivity index (χ3v) is 4.29. The number of rotatable bonds is 4. The van der Waals surface area contributed by atoms with Gasteiger partial charge in [0.1, 0.15) is 0 Å². The molecule has 0 aromatic heterocycles. The summed E-state index contributed by atoms with van der Waals surface area (Å²) in [4.78, 5) is 0. The third-order valence-electron chi connectivity index (χ3n) is 4.29. The van der Waals surface area contributed by atoms with Gasteiger partial charge in [-0.2, -0.15) is 0 Å². The molecule has 0 saturated heterocycles. The molecule has 2 aliphatic rings. The van der Waals surface area contributed by atoms with Gasteiger partial charge in [-0.25, -0.2) is 0 Å². The highest BCUT2D eigenvalue weighted by Gasteiger charge is 2.43. The van der Waals surface area contributed by atoms with E-state index in [1.165, 1.54) is 19.3 Å². The minimum Gasteiger partial charge on any atom is -0.0848 e. The van der Waals surface area contributed by atoms with Crippen LogP contribution in [0.1, 0.15) is 47.0 Å². The first kappa shape index (κ1) is 11.2. The summed E-state index contributed by atoms with van der Waals surface area (Å²) >= 11 is 0. The Balaban J connectivity index is 2.03. The first-order chi connectivity index (χ1) is 7.08. The fourth-order valence-electron chi connectivity index (χ4n) is 3.81. The van der Waals surface area contributed by atoms with Crippen LogP contribution in [0.3, 0.4) is 0 Å². The second kappa shape index (κ2) is 4.31. The number of hydrogen-bond acceptors (Lipinski definition) is 0. The van der Waals surface area contributed by atoms with Gasteiger partial charge in [0, 0.05) is 0 Å². The van der Waals surface area contributed by atoms with Crippen molar-refractivity contribution in [3.8, 4) is 0 Å². The highest BCUT2D eigenvalue weighted by Crippen LogP contribution is 2.52. The van der Waals surface area contributed by atoms with E-state index in [2.05, 4.69) is 39.8 Å². The number of hydrogen-bond donors (Lipinski definition) is 0. The van der Waals surface area contributed by atoms with E-state index in [4.69, 9.17) is 0 Å². The first-order valence-corrected chi connectivity index (χ1v) is 6.76. The molecule has 1 fully saturated rings. The van der Waals surface area contributed by atoms with Crippen molar-refractivity contribution >= 4 is 0 Å². The molecule has 4 unspecified atom stereocenters. The van der Waals surface area contributed by atoms with Gasteiger partial charge in [0.25, 0.3) is 0 Å². The van der Waals surface area contributed by atoms with Gasteiger partial charge in [-0.3, -0.25) is 0 Å². The molecule has 0 amide bonds. The van der Waals surface area contributed by atoms with E-state index in [0.29, 0.717) is 0 Å². The van der Waals surface area contributed by atoms with E-state index in [0.717, 1.165) is 35.5 Å². The lowest BCUT2D eigenvalue weighted by Crippen LogP contribution is -2.22. The predicted octanol–water partition coefficient (Wildman–Crippen LogP) is 4.52. The molecule has 0 aromatic carbocycles. The second-order valence-corrected chi connectivity index (χ2v) is 6.54. The molecule has 4 atom stereocenters. The molecule has 0 N–H and O–H groups in total. The summed E-state index contributed by atoms with van der Waals surface area (Å²) in [5.41, 5.74) is 0. The van der Waals surface area contributed by atoms with E-state index < -0.39 is 0 Å². The largest absolute Gasteiger partial charge is 0.0848 e. The van der Waals surface area contributed by atoms with Gasteiger partial charge in [0.05, 0.1) is 0 Å². The average molecular weight is 206 g/mol. The third kappa shape index (κ3) is 2.29. The zero-order valence-electron chi connectivity index (χ0n) is 10.7. The predicted molar refractivity (Wildman–Crippen MR) is 66.6 cm³/mol. The lowest BCUT2D eigenvalue weighted by atomic mass is 9.75. The Hall–Kier alpha value is -0.260.